The Bertz CT molecular complexity index is 259. The van der Waals surface area contributed by atoms with E-state index >= 15 is 0 Å². The van der Waals surface area contributed by atoms with Gasteiger partial charge in [0.25, 0.3) is 0 Å². The van der Waals surface area contributed by atoms with E-state index in [1.807, 2.05) is 0 Å². The molecular weight excluding hydrogens is 200 g/mol. The molecule has 1 amide bonds. The van der Waals surface area contributed by atoms with Gasteiger partial charge >= 0.3 is 0 Å². The van der Waals surface area contributed by atoms with Crippen LogP contribution in [0.2, 0.25) is 0 Å². The van der Waals surface area contributed by atoms with Crippen LogP contribution in [-0.2, 0) is 4.79 Å². The van der Waals surface area contributed by atoms with Crippen molar-refractivity contribution < 1.29 is 4.79 Å². The topological polar surface area (TPSA) is 41.1 Å². The first-order valence-corrected chi connectivity index (χ1v) is 6.67. The smallest absolute Gasteiger partial charge is 0.227 e. The summed E-state index contributed by atoms with van der Waals surface area (Å²) in [7, 11) is 0. The van der Waals surface area contributed by atoms with Crippen molar-refractivity contribution in [1.29, 1.82) is 0 Å². The second-order valence-corrected chi connectivity index (χ2v) is 5.71. The van der Waals surface area contributed by atoms with Gasteiger partial charge in [0.1, 0.15) is 0 Å². The summed E-state index contributed by atoms with van der Waals surface area (Å²) in [6, 6.07) is 0.478. The summed E-state index contributed by atoms with van der Waals surface area (Å²) in [6.45, 7) is 6.20. The highest BCUT2D eigenvalue weighted by molar-refractivity contribution is 5.83. The summed E-state index contributed by atoms with van der Waals surface area (Å²) in [6.07, 6.45) is 5.84. The molecule has 92 valence electrons. The maximum atomic E-state index is 12.2. The van der Waals surface area contributed by atoms with Crippen molar-refractivity contribution in [2.24, 2.45) is 11.3 Å². The molecule has 2 rings (SSSR count). The zero-order valence-electron chi connectivity index (χ0n) is 10.5. The van der Waals surface area contributed by atoms with E-state index in [2.05, 4.69) is 24.5 Å². The summed E-state index contributed by atoms with van der Waals surface area (Å²) >= 11 is 0. The summed E-state index contributed by atoms with van der Waals surface area (Å²) < 4.78 is 0. The lowest BCUT2D eigenvalue weighted by atomic mass is 9.82. The molecule has 0 aromatic rings. The molecular formula is C13H24N2O. The van der Waals surface area contributed by atoms with Crippen LogP contribution in [-0.4, -0.2) is 25.0 Å². The van der Waals surface area contributed by atoms with Gasteiger partial charge in [0.2, 0.25) is 5.91 Å². The molecule has 2 aliphatic rings. The fraction of sp³-hybridized carbons (Fsp3) is 0.923. The standard InChI is InChI=1S/C13H24N2O/c1-3-5-10-8-11(10)15-12(16)13(2)6-4-7-14-9-13/h10-11,14H,3-9H2,1-2H3,(H,15,16). The highest BCUT2D eigenvalue weighted by Gasteiger charge is 2.42. The van der Waals surface area contributed by atoms with Crippen molar-refractivity contribution in [3.05, 3.63) is 0 Å². The first-order chi connectivity index (χ1) is 7.65. The number of nitrogens with one attached hydrogen (secondary N) is 2. The fourth-order valence-corrected chi connectivity index (χ4v) is 2.71. The highest BCUT2D eigenvalue weighted by atomic mass is 16.2. The molecule has 0 aromatic heterocycles. The number of carbonyl (C=O) groups excluding carboxylic acids is 1. The van der Waals surface area contributed by atoms with E-state index < -0.39 is 0 Å². The quantitative estimate of drug-likeness (QED) is 0.763. The van der Waals surface area contributed by atoms with E-state index in [0.29, 0.717) is 6.04 Å². The minimum atomic E-state index is -0.169. The van der Waals surface area contributed by atoms with Gasteiger partial charge in [0.15, 0.2) is 0 Å². The van der Waals surface area contributed by atoms with Gasteiger partial charge < -0.3 is 10.6 Å². The van der Waals surface area contributed by atoms with Crippen LogP contribution < -0.4 is 10.6 Å². The van der Waals surface area contributed by atoms with E-state index in [4.69, 9.17) is 0 Å². The van der Waals surface area contributed by atoms with Crippen LogP contribution in [0.5, 0.6) is 0 Å². The van der Waals surface area contributed by atoms with Gasteiger partial charge in [0.05, 0.1) is 5.41 Å². The lowest BCUT2D eigenvalue weighted by molar-refractivity contribution is -0.131. The molecule has 0 aromatic carbocycles. The minimum Gasteiger partial charge on any atom is -0.353 e. The molecule has 1 aliphatic carbocycles. The molecule has 0 bridgehead atoms. The predicted octanol–water partition coefficient (Wildman–Crippen LogP) is 1.68. The van der Waals surface area contributed by atoms with E-state index in [0.717, 1.165) is 31.8 Å². The van der Waals surface area contributed by atoms with Gasteiger partial charge in [-0.15, -0.1) is 0 Å². The van der Waals surface area contributed by atoms with Crippen LogP contribution in [0, 0.1) is 11.3 Å². The Labute approximate surface area is 98.4 Å². The van der Waals surface area contributed by atoms with E-state index in [-0.39, 0.29) is 11.3 Å². The van der Waals surface area contributed by atoms with Crippen molar-refractivity contribution in [2.75, 3.05) is 13.1 Å². The van der Waals surface area contributed by atoms with Crippen LogP contribution in [0.3, 0.4) is 0 Å². The molecule has 3 atom stereocenters. The Hall–Kier alpha value is -0.570. The fourth-order valence-electron chi connectivity index (χ4n) is 2.71. The normalized spacial score (nSPS) is 38.1. The number of hydrogen-bond donors (Lipinski definition) is 2. The predicted molar refractivity (Wildman–Crippen MR) is 65.2 cm³/mol. The molecule has 3 unspecified atom stereocenters. The Morgan fingerprint density at radius 1 is 1.56 bits per heavy atom. The Kier molecular flexibility index (Phi) is 3.53. The molecule has 3 heteroatoms. The molecule has 0 radical (unpaired) electrons. The van der Waals surface area contributed by atoms with Crippen molar-refractivity contribution in [3.63, 3.8) is 0 Å². The van der Waals surface area contributed by atoms with Gasteiger partial charge in [-0.1, -0.05) is 13.3 Å². The van der Waals surface area contributed by atoms with Crippen molar-refractivity contribution in [2.45, 2.75) is 52.0 Å². The molecule has 1 saturated heterocycles. The number of amides is 1. The van der Waals surface area contributed by atoms with Gasteiger partial charge in [0, 0.05) is 12.6 Å². The van der Waals surface area contributed by atoms with Gasteiger partial charge in [-0.05, 0) is 45.1 Å². The zero-order chi connectivity index (χ0) is 11.6. The second-order valence-electron chi connectivity index (χ2n) is 5.71. The van der Waals surface area contributed by atoms with Crippen LogP contribution in [0.25, 0.3) is 0 Å². The Morgan fingerprint density at radius 3 is 3.00 bits per heavy atom. The average Bonchev–Trinajstić information content (AvgIpc) is 2.98. The Morgan fingerprint density at radius 2 is 2.38 bits per heavy atom. The molecule has 2 N–H and O–H groups in total. The lowest BCUT2D eigenvalue weighted by Crippen LogP contribution is -2.49. The van der Waals surface area contributed by atoms with Gasteiger partial charge in [-0.3, -0.25) is 4.79 Å². The SMILES string of the molecule is CCCC1CC1NC(=O)C1(C)CCCNC1. The van der Waals surface area contributed by atoms with Crippen LogP contribution in [0.15, 0.2) is 0 Å². The van der Waals surface area contributed by atoms with Crippen LogP contribution in [0.4, 0.5) is 0 Å². The van der Waals surface area contributed by atoms with Gasteiger partial charge in [-0.2, -0.15) is 0 Å². The number of piperidine rings is 1. The summed E-state index contributed by atoms with van der Waals surface area (Å²) in [5, 5.41) is 6.55. The van der Waals surface area contributed by atoms with Crippen LogP contribution >= 0.6 is 0 Å². The number of carbonyl (C=O) groups is 1. The van der Waals surface area contributed by atoms with Crippen molar-refractivity contribution >= 4 is 5.91 Å². The van der Waals surface area contributed by atoms with E-state index in [1.54, 1.807) is 0 Å². The lowest BCUT2D eigenvalue weighted by Gasteiger charge is -2.32. The summed E-state index contributed by atoms with van der Waals surface area (Å²) in [5.41, 5.74) is -0.169. The maximum Gasteiger partial charge on any atom is 0.227 e. The average molecular weight is 224 g/mol. The highest BCUT2D eigenvalue weighted by Crippen LogP contribution is 2.36. The molecule has 1 heterocycles. The Balaban J connectivity index is 1.79. The van der Waals surface area contributed by atoms with Crippen molar-refractivity contribution in [1.82, 2.24) is 10.6 Å². The maximum absolute atomic E-state index is 12.2. The van der Waals surface area contributed by atoms with Gasteiger partial charge in [-0.25, -0.2) is 0 Å². The summed E-state index contributed by atoms with van der Waals surface area (Å²) in [4.78, 5) is 12.2. The largest absolute Gasteiger partial charge is 0.353 e. The first kappa shape index (κ1) is 11.9. The first-order valence-electron chi connectivity index (χ1n) is 6.67. The van der Waals surface area contributed by atoms with Crippen molar-refractivity contribution in [3.8, 4) is 0 Å². The monoisotopic (exact) mass is 224 g/mol. The summed E-state index contributed by atoms with van der Waals surface area (Å²) in [5.74, 6) is 1.03. The molecule has 2 fully saturated rings. The third-order valence-corrected chi connectivity index (χ3v) is 4.04. The van der Waals surface area contributed by atoms with Crippen LogP contribution in [0.1, 0.15) is 46.0 Å². The molecule has 1 saturated carbocycles. The molecule has 0 spiro atoms. The van der Waals surface area contributed by atoms with E-state index in [9.17, 15) is 4.79 Å². The molecule has 1 aliphatic heterocycles. The number of hydrogen-bond acceptors (Lipinski definition) is 2. The molecule has 3 nitrogen and oxygen atoms in total. The third kappa shape index (κ3) is 2.57. The third-order valence-electron chi connectivity index (χ3n) is 4.04. The number of rotatable bonds is 4. The van der Waals surface area contributed by atoms with E-state index in [1.165, 1.54) is 19.3 Å². The molecule has 16 heavy (non-hydrogen) atoms. The second kappa shape index (κ2) is 4.74. The minimum absolute atomic E-state index is 0.169. The zero-order valence-corrected chi connectivity index (χ0v) is 10.5.